The minimum absolute atomic E-state index is 0.0259. The molecule has 0 bridgehead atoms. The minimum Gasteiger partial charge on any atom is -0.376 e. The van der Waals surface area contributed by atoms with E-state index >= 15 is 0 Å². The molecule has 0 radical (unpaired) electrons. The van der Waals surface area contributed by atoms with Crippen molar-refractivity contribution >= 4 is 5.91 Å². The van der Waals surface area contributed by atoms with Crippen LogP contribution in [0.3, 0.4) is 0 Å². The molecule has 4 heteroatoms. The Morgan fingerprint density at radius 3 is 2.75 bits per heavy atom. The minimum atomic E-state index is 0.0259. The maximum absolute atomic E-state index is 12.3. The van der Waals surface area contributed by atoms with Gasteiger partial charge in [0.1, 0.15) is 0 Å². The van der Waals surface area contributed by atoms with Crippen LogP contribution in [-0.2, 0) is 9.53 Å². The van der Waals surface area contributed by atoms with Gasteiger partial charge in [0.2, 0.25) is 5.91 Å². The number of rotatable bonds is 3. The molecule has 3 fully saturated rings. The van der Waals surface area contributed by atoms with Crippen molar-refractivity contribution in [1.29, 1.82) is 0 Å². The highest BCUT2D eigenvalue weighted by Crippen LogP contribution is 2.32. The van der Waals surface area contributed by atoms with Crippen LogP contribution >= 0.6 is 0 Å². The Morgan fingerprint density at radius 1 is 1.05 bits per heavy atom. The van der Waals surface area contributed by atoms with Crippen molar-refractivity contribution in [1.82, 2.24) is 10.6 Å². The van der Waals surface area contributed by atoms with Crippen molar-refractivity contribution in [3.8, 4) is 0 Å². The summed E-state index contributed by atoms with van der Waals surface area (Å²) < 4.78 is 5.67. The third-order valence-electron chi connectivity index (χ3n) is 5.24. The lowest BCUT2D eigenvalue weighted by Crippen LogP contribution is -2.55. The van der Waals surface area contributed by atoms with Crippen molar-refractivity contribution in [2.75, 3.05) is 13.2 Å². The van der Waals surface area contributed by atoms with Crippen LogP contribution in [0.2, 0.25) is 0 Å². The van der Waals surface area contributed by atoms with Crippen LogP contribution in [0.25, 0.3) is 0 Å². The lowest BCUT2D eigenvalue weighted by atomic mass is 9.77. The Kier molecular flexibility index (Phi) is 4.94. The first-order chi connectivity index (χ1) is 9.83. The van der Waals surface area contributed by atoms with Gasteiger partial charge >= 0.3 is 0 Å². The number of amides is 1. The molecule has 2 saturated heterocycles. The molecule has 1 saturated carbocycles. The molecule has 4 unspecified atom stereocenters. The normalized spacial score (nSPS) is 38.0. The van der Waals surface area contributed by atoms with Crippen molar-refractivity contribution in [2.45, 2.75) is 76.0 Å². The summed E-state index contributed by atoms with van der Waals surface area (Å²) in [6, 6.07) is 0.608. The lowest BCUT2D eigenvalue weighted by molar-refractivity contribution is -0.125. The van der Waals surface area contributed by atoms with Gasteiger partial charge in [-0.15, -0.1) is 0 Å². The van der Waals surface area contributed by atoms with E-state index in [1.807, 2.05) is 0 Å². The van der Waals surface area contributed by atoms with Gasteiger partial charge in [0, 0.05) is 19.2 Å². The molecule has 4 nitrogen and oxygen atoms in total. The Labute approximate surface area is 122 Å². The number of ether oxygens (including phenoxy) is 1. The molecule has 0 aromatic rings. The zero-order valence-corrected chi connectivity index (χ0v) is 12.4. The summed E-state index contributed by atoms with van der Waals surface area (Å²) in [5, 5.41) is 6.68. The van der Waals surface area contributed by atoms with Crippen LogP contribution in [-0.4, -0.2) is 37.2 Å². The van der Waals surface area contributed by atoms with Gasteiger partial charge in [0.25, 0.3) is 0 Å². The maximum Gasteiger partial charge on any atom is 0.237 e. The summed E-state index contributed by atoms with van der Waals surface area (Å²) in [6.45, 7) is 1.54. The fraction of sp³-hybridized carbons (Fsp3) is 0.938. The molecule has 3 aliphatic rings. The zero-order chi connectivity index (χ0) is 13.8. The molecule has 3 rings (SSSR count). The van der Waals surface area contributed by atoms with Gasteiger partial charge in [0.05, 0.1) is 12.1 Å². The highest BCUT2D eigenvalue weighted by atomic mass is 16.5. The van der Waals surface area contributed by atoms with E-state index in [1.54, 1.807) is 0 Å². The van der Waals surface area contributed by atoms with Crippen LogP contribution in [0.1, 0.15) is 57.8 Å². The number of fused-ring (bicyclic) bond motifs is 1. The monoisotopic (exact) mass is 280 g/mol. The molecule has 114 valence electrons. The van der Waals surface area contributed by atoms with E-state index in [0.717, 1.165) is 31.8 Å². The Balaban J connectivity index is 1.42. The fourth-order valence-electron chi connectivity index (χ4n) is 4.01. The average Bonchev–Trinajstić information content (AvgIpc) is 2.53. The van der Waals surface area contributed by atoms with Gasteiger partial charge in [-0.05, 0) is 50.9 Å². The number of hydrogen-bond acceptors (Lipinski definition) is 3. The number of hydrogen-bond donors (Lipinski definition) is 2. The summed E-state index contributed by atoms with van der Waals surface area (Å²) >= 11 is 0. The first-order valence-corrected chi connectivity index (χ1v) is 8.48. The van der Waals surface area contributed by atoms with Crippen molar-refractivity contribution in [3.63, 3.8) is 0 Å². The molecule has 0 aromatic heterocycles. The molecule has 4 atom stereocenters. The molecule has 1 amide bonds. The van der Waals surface area contributed by atoms with Crippen LogP contribution in [0.5, 0.6) is 0 Å². The van der Waals surface area contributed by atoms with Gasteiger partial charge < -0.3 is 15.4 Å². The second kappa shape index (κ2) is 6.90. The van der Waals surface area contributed by atoms with Crippen LogP contribution in [0.15, 0.2) is 0 Å². The Hall–Kier alpha value is -0.610. The van der Waals surface area contributed by atoms with E-state index in [4.69, 9.17) is 4.74 Å². The largest absolute Gasteiger partial charge is 0.376 e. The number of carbonyl (C=O) groups excluding carboxylic acids is 1. The van der Waals surface area contributed by atoms with Gasteiger partial charge in [0.15, 0.2) is 0 Å². The Morgan fingerprint density at radius 2 is 1.90 bits per heavy atom. The quantitative estimate of drug-likeness (QED) is 0.831. The summed E-state index contributed by atoms with van der Waals surface area (Å²) in [5.74, 6) is 0.998. The number of piperidine rings is 1. The van der Waals surface area contributed by atoms with Gasteiger partial charge in [-0.2, -0.15) is 0 Å². The average molecular weight is 280 g/mol. The van der Waals surface area contributed by atoms with E-state index in [1.165, 1.54) is 38.5 Å². The number of nitrogens with one attached hydrogen (secondary N) is 2. The van der Waals surface area contributed by atoms with E-state index in [2.05, 4.69) is 10.6 Å². The fourth-order valence-corrected chi connectivity index (χ4v) is 4.01. The lowest BCUT2D eigenvalue weighted by Gasteiger charge is -2.40. The SMILES string of the molecule is O=C(NCC1CCCCO1)C1CCC2CCCCC2N1. The summed E-state index contributed by atoms with van der Waals surface area (Å²) in [7, 11) is 0. The predicted molar refractivity (Wildman–Crippen MR) is 78.5 cm³/mol. The van der Waals surface area contributed by atoms with Crippen molar-refractivity contribution in [3.05, 3.63) is 0 Å². The van der Waals surface area contributed by atoms with Crippen molar-refractivity contribution in [2.24, 2.45) is 5.92 Å². The topological polar surface area (TPSA) is 50.4 Å². The van der Waals surface area contributed by atoms with Crippen LogP contribution in [0, 0.1) is 5.92 Å². The first-order valence-electron chi connectivity index (χ1n) is 8.48. The molecule has 2 N–H and O–H groups in total. The molecule has 1 aliphatic carbocycles. The van der Waals surface area contributed by atoms with E-state index in [0.29, 0.717) is 12.6 Å². The molecular weight excluding hydrogens is 252 g/mol. The zero-order valence-electron chi connectivity index (χ0n) is 12.4. The second-order valence-electron chi connectivity index (χ2n) is 6.68. The Bertz CT molecular complexity index is 328. The molecule has 2 aliphatic heterocycles. The smallest absolute Gasteiger partial charge is 0.237 e. The standard InChI is InChI=1S/C16H28N2O2/c19-16(17-11-13-6-3-4-10-20-13)15-9-8-12-5-1-2-7-14(12)18-15/h12-15,18H,1-11H2,(H,17,19). The third kappa shape index (κ3) is 3.53. The maximum atomic E-state index is 12.3. The summed E-state index contributed by atoms with van der Waals surface area (Å²) in [4.78, 5) is 12.3. The van der Waals surface area contributed by atoms with Gasteiger partial charge in [-0.3, -0.25) is 4.79 Å². The van der Waals surface area contributed by atoms with Crippen LogP contribution in [0.4, 0.5) is 0 Å². The van der Waals surface area contributed by atoms with E-state index in [9.17, 15) is 4.79 Å². The molecule has 0 spiro atoms. The van der Waals surface area contributed by atoms with Crippen LogP contribution < -0.4 is 10.6 Å². The van der Waals surface area contributed by atoms with E-state index < -0.39 is 0 Å². The first kappa shape index (κ1) is 14.3. The van der Waals surface area contributed by atoms with Gasteiger partial charge in [-0.25, -0.2) is 0 Å². The summed E-state index contributed by atoms with van der Waals surface area (Å²) in [5.41, 5.74) is 0. The highest BCUT2D eigenvalue weighted by molar-refractivity contribution is 5.81. The van der Waals surface area contributed by atoms with Gasteiger partial charge in [-0.1, -0.05) is 12.8 Å². The molecule has 0 aromatic carbocycles. The summed E-state index contributed by atoms with van der Waals surface area (Å²) in [6.07, 6.45) is 11.2. The number of carbonyl (C=O) groups is 1. The molecule has 20 heavy (non-hydrogen) atoms. The van der Waals surface area contributed by atoms with E-state index in [-0.39, 0.29) is 18.1 Å². The predicted octanol–water partition coefficient (Wildman–Crippen LogP) is 1.98. The molecule has 2 heterocycles. The molecular formula is C16H28N2O2. The van der Waals surface area contributed by atoms with Crippen molar-refractivity contribution < 1.29 is 9.53 Å². The second-order valence-corrected chi connectivity index (χ2v) is 6.68. The highest BCUT2D eigenvalue weighted by Gasteiger charge is 2.34. The third-order valence-corrected chi connectivity index (χ3v) is 5.24.